The molecule has 0 aliphatic carbocycles. The number of rotatable bonds is 5. The fourth-order valence-electron chi connectivity index (χ4n) is 2.00. The third-order valence-corrected chi connectivity index (χ3v) is 6.53. The third kappa shape index (κ3) is 3.63. The first kappa shape index (κ1) is 17.3. The van der Waals surface area contributed by atoms with Gasteiger partial charge in [0.1, 0.15) is 0 Å². The molecule has 0 unspecified atom stereocenters. The molecular weight excluding hydrogens is 340 g/mol. The van der Waals surface area contributed by atoms with Crippen LogP contribution in [0.1, 0.15) is 16.0 Å². The Bertz CT molecular complexity index is 783. The molecule has 1 aromatic heterocycles. The fourth-order valence-corrected chi connectivity index (χ4v) is 4.04. The molecule has 1 N–H and O–H groups in total. The van der Waals surface area contributed by atoms with Crippen molar-refractivity contribution in [3.8, 4) is 0 Å². The Hall–Kier alpha value is -1.08. The number of nitrogens with one attached hydrogen (secondary N) is 1. The molecule has 0 aliphatic heterocycles. The molecule has 0 saturated heterocycles. The second-order valence-corrected chi connectivity index (χ2v) is 9.21. The molecular formula is C15H19ClN2O2S2. The molecule has 0 spiro atoms. The lowest BCUT2D eigenvalue weighted by molar-refractivity contribution is 0.520. The summed E-state index contributed by atoms with van der Waals surface area (Å²) in [5.74, 6) is 0. The maximum atomic E-state index is 12.3. The van der Waals surface area contributed by atoms with E-state index in [1.54, 1.807) is 12.1 Å². The van der Waals surface area contributed by atoms with Gasteiger partial charge in [0, 0.05) is 31.2 Å². The predicted molar refractivity (Wildman–Crippen MR) is 93.4 cm³/mol. The van der Waals surface area contributed by atoms with Crippen LogP contribution in [0.2, 0.25) is 4.34 Å². The van der Waals surface area contributed by atoms with E-state index in [2.05, 4.69) is 5.32 Å². The zero-order chi connectivity index (χ0) is 16.5. The number of sulfonamides is 1. The van der Waals surface area contributed by atoms with Crippen LogP contribution in [-0.4, -0.2) is 26.8 Å². The molecule has 0 amide bonds. The Labute approximate surface area is 140 Å². The Kier molecular flexibility index (Phi) is 5.17. The Balaban J connectivity index is 2.33. The average Bonchev–Trinajstić information content (AvgIpc) is 2.85. The molecule has 0 aliphatic rings. The first-order valence-electron chi connectivity index (χ1n) is 6.73. The van der Waals surface area contributed by atoms with E-state index < -0.39 is 10.0 Å². The van der Waals surface area contributed by atoms with E-state index in [4.69, 9.17) is 11.6 Å². The number of hydrogen-bond donors (Lipinski definition) is 1. The van der Waals surface area contributed by atoms with E-state index in [9.17, 15) is 8.42 Å². The van der Waals surface area contributed by atoms with Crippen molar-refractivity contribution in [2.24, 2.45) is 0 Å². The number of anilines is 1. The van der Waals surface area contributed by atoms with Gasteiger partial charge in [0.25, 0.3) is 0 Å². The zero-order valence-corrected chi connectivity index (χ0v) is 15.4. The van der Waals surface area contributed by atoms with Crippen molar-refractivity contribution in [2.75, 3.05) is 19.4 Å². The molecule has 4 nitrogen and oxygen atoms in total. The number of halogens is 1. The molecule has 22 heavy (non-hydrogen) atoms. The second kappa shape index (κ2) is 6.58. The lowest BCUT2D eigenvalue weighted by Crippen LogP contribution is -2.22. The minimum Gasteiger partial charge on any atom is -0.380 e. The highest BCUT2D eigenvalue weighted by Gasteiger charge is 2.19. The van der Waals surface area contributed by atoms with E-state index in [1.165, 1.54) is 29.7 Å². The zero-order valence-electron chi connectivity index (χ0n) is 13.0. The van der Waals surface area contributed by atoms with Gasteiger partial charge >= 0.3 is 0 Å². The van der Waals surface area contributed by atoms with Gasteiger partial charge in [-0.15, -0.1) is 11.3 Å². The van der Waals surface area contributed by atoms with Crippen LogP contribution in [0.4, 0.5) is 5.69 Å². The van der Waals surface area contributed by atoms with Crippen LogP contribution in [0.3, 0.4) is 0 Å². The van der Waals surface area contributed by atoms with Crippen LogP contribution in [0.15, 0.2) is 29.2 Å². The molecule has 7 heteroatoms. The number of nitrogens with zero attached hydrogens (tertiary/aromatic N) is 1. The largest absolute Gasteiger partial charge is 0.380 e. The molecule has 0 radical (unpaired) electrons. The second-order valence-electron chi connectivity index (χ2n) is 5.26. The summed E-state index contributed by atoms with van der Waals surface area (Å²) in [6, 6.07) is 7.21. The summed E-state index contributed by atoms with van der Waals surface area (Å²) >= 11 is 7.43. The van der Waals surface area contributed by atoms with Gasteiger partial charge in [0.15, 0.2) is 0 Å². The van der Waals surface area contributed by atoms with Gasteiger partial charge in [0.05, 0.1) is 9.23 Å². The van der Waals surface area contributed by atoms with Gasteiger partial charge < -0.3 is 5.32 Å². The SMILES string of the molecule is Cc1cc(S(=O)(=O)N(C)C)cc(NCc2ccc(Cl)s2)c1C. The lowest BCUT2D eigenvalue weighted by Gasteiger charge is -2.16. The average molecular weight is 359 g/mol. The van der Waals surface area contributed by atoms with Crippen molar-refractivity contribution in [1.82, 2.24) is 4.31 Å². The predicted octanol–water partition coefficient (Wildman–Crippen LogP) is 3.88. The normalized spacial score (nSPS) is 11.9. The lowest BCUT2D eigenvalue weighted by atomic mass is 10.1. The summed E-state index contributed by atoms with van der Waals surface area (Å²) < 4.78 is 26.6. The van der Waals surface area contributed by atoms with E-state index in [0.717, 1.165) is 26.0 Å². The summed E-state index contributed by atoms with van der Waals surface area (Å²) in [7, 11) is -0.377. The van der Waals surface area contributed by atoms with Gasteiger partial charge in [-0.3, -0.25) is 0 Å². The standard InChI is InChI=1S/C15H19ClN2O2S2/c1-10-7-13(22(19,20)18(3)4)8-14(11(10)2)17-9-12-5-6-15(16)21-12/h5-8,17H,9H2,1-4H3. The van der Waals surface area contributed by atoms with Gasteiger partial charge in [-0.05, 0) is 49.2 Å². The molecule has 1 heterocycles. The molecule has 120 valence electrons. The summed E-state index contributed by atoms with van der Waals surface area (Å²) in [5, 5.41) is 3.30. The van der Waals surface area contributed by atoms with Crippen LogP contribution >= 0.6 is 22.9 Å². The van der Waals surface area contributed by atoms with E-state index in [1.807, 2.05) is 26.0 Å². The van der Waals surface area contributed by atoms with Crippen molar-refractivity contribution in [3.05, 3.63) is 44.6 Å². The summed E-state index contributed by atoms with van der Waals surface area (Å²) in [4.78, 5) is 1.40. The quantitative estimate of drug-likeness (QED) is 0.882. The van der Waals surface area contributed by atoms with Gasteiger partial charge in [-0.2, -0.15) is 0 Å². The molecule has 0 atom stereocenters. The van der Waals surface area contributed by atoms with E-state index in [-0.39, 0.29) is 0 Å². The number of thiophene rings is 1. The van der Waals surface area contributed by atoms with Crippen molar-refractivity contribution in [2.45, 2.75) is 25.3 Å². The van der Waals surface area contributed by atoms with Gasteiger partial charge in [-0.25, -0.2) is 12.7 Å². The van der Waals surface area contributed by atoms with Crippen molar-refractivity contribution in [3.63, 3.8) is 0 Å². The minimum atomic E-state index is -3.44. The minimum absolute atomic E-state index is 0.298. The number of aryl methyl sites for hydroxylation is 1. The highest BCUT2D eigenvalue weighted by atomic mass is 35.5. The summed E-state index contributed by atoms with van der Waals surface area (Å²) in [6.45, 7) is 4.51. The highest BCUT2D eigenvalue weighted by molar-refractivity contribution is 7.89. The molecule has 0 saturated carbocycles. The Morgan fingerprint density at radius 1 is 1.23 bits per heavy atom. The maximum absolute atomic E-state index is 12.3. The molecule has 1 aromatic carbocycles. The van der Waals surface area contributed by atoms with Crippen LogP contribution in [0.5, 0.6) is 0 Å². The number of hydrogen-bond acceptors (Lipinski definition) is 4. The molecule has 0 bridgehead atoms. The van der Waals surface area contributed by atoms with Crippen molar-refractivity contribution in [1.29, 1.82) is 0 Å². The van der Waals surface area contributed by atoms with Gasteiger partial charge in [0.2, 0.25) is 10.0 Å². The van der Waals surface area contributed by atoms with E-state index >= 15 is 0 Å². The first-order chi connectivity index (χ1) is 10.2. The van der Waals surface area contributed by atoms with Crippen molar-refractivity contribution >= 4 is 38.6 Å². The Morgan fingerprint density at radius 3 is 2.45 bits per heavy atom. The van der Waals surface area contributed by atoms with Crippen LogP contribution in [-0.2, 0) is 16.6 Å². The highest BCUT2D eigenvalue weighted by Crippen LogP contribution is 2.27. The van der Waals surface area contributed by atoms with Gasteiger partial charge in [-0.1, -0.05) is 11.6 Å². The topological polar surface area (TPSA) is 49.4 Å². The van der Waals surface area contributed by atoms with Crippen LogP contribution in [0.25, 0.3) is 0 Å². The molecule has 2 rings (SSSR count). The summed E-state index contributed by atoms with van der Waals surface area (Å²) in [6.07, 6.45) is 0. The van der Waals surface area contributed by atoms with Crippen molar-refractivity contribution < 1.29 is 8.42 Å². The van der Waals surface area contributed by atoms with Crippen LogP contribution < -0.4 is 5.32 Å². The maximum Gasteiger partial charge on any atom is 0.242 e. The van der Waals surface area contributed by atoms with E-state index in [0.29, 0.717) is 11.4 Å². The smallest absolute Gasteiger partial charge is 0.242 e. The number of benzene rings is 1. The monoisotopic (exact) mass is 358 g/mol. The molecule has 0 fully saturated rings. The molecule has 2 aromatic rings. The Morgan fingerprint density at radius 2 is 1.91 bits per heavy atom. The van der Waals surface area contributed by atoms with Crippen LogP contribution in [0, 0.1) is 13.8 Å². The third-order valence-electron chi connectivity index (χ3n) is 3.50. The summed E-state index contributed by atoms with van der Waals surface area (Å²) in [5.41, 5.74) is 2.81. The first-order valence-corrected chi connectivity index (χ1v) is 9.37. The fraction of sp³-hybridized carbons (Fsp3) is 0.333.